The van der Waals surface area contributed by atoms with Crippen molar-refractivity contribution >= 4 is 38.6 Å². The zero-order valence-corrected chi connectivity index (χ0v) is 32.5. The van der Waals surface area contributed by atoms with E-state index in [1.54, 1.807) is 0 Å². The van der Waals surface area contributed by atoms with Gasteiger partial charge in [-0.15, -0.1) is 0 Å². The first-order chi connectivity index (χ1) is 29.3. The molecule has 0 bridgehead atoms. The van der Waals surface area contributed by atoms with Crippen LogP contribution in [0.1, 0.15) is 44.9 Å². The normalized spacial score (nSPS) is 13.8. The molecule has 0 aromatic heterocycles. The van der Waals surface area contributed by atoms with Gasteiger partial charge in [0, 0.05) is 22.6 Å². The second-order valence-corrected chi connectivity index (χ2v) is 16.0. The standard InChI is InChI=1S/C58H39N/c1-4-16-39(17-5-1)56(44-32-35-49-48-26-12-13-28-52(48)58(53(49)37-44,45-22-6-2-7-23-45)46-24-8-3-9-25-46)41-30-33-47(34-31-41)59-54-29-15-21-40-20-14-27-50(57(40)54)51-36-42-18-10-11-19-43(42)38-55(51)59/h1-38,56H. The van der Waals surface area contributed by atoms with E-state index >= 15 is 0 Å². The highest BCUT2D eigenvalue weighted by molar-refractivity contribution is 6.15. The van der Waals surface area contributed by atoms with Gasteiger partial charge < -0.3 is 4.90 Å². The van der Waals surface area contributed by atoms with E-state index in [-0.39, 0.29) is 5.92 Å². The number of fused-ring (bicyclic) bond motifs is 6. The number of benzene rings is 10. The van der Waals surface area contributed by atoms with Crippen LogP contribution in [0.3, 0.4) is 0 Å². The fourth-order valence-electron chi connectivity index (χ4n) is 10.4. The molecular formula is C58H39N. The van der Waals surface area contributed by atoms with Gasteiger partial charge in [-0.3, -0.25) is 0 Å². The SMILES string of the molecule is c1ccc(C(c2ccc(N3c4cc5ccccc5cc4-c4cccc5cccc3c45)cc2)c2ccc3c(c2)C(c2ccccc2)(c2ccccc2)c2ccccc2-3)cc1. The van der Waals surface area contributed by atoms with Crippen LogP contribution in [0, 0.1) is 0 Å². The van der Waals surface area contributed by atoms with Crippen LogP contribution in [0.4, 0.5) is 17.1 Å². The van der Waals surface area contributed by atoms with Crippen molar-refractivity contribution in [1.29, 1.82) is 0 Å². The van der Waals surface area contributed by atoms with Gasteiger partial charge in [-0.25, -0.2) is 0 Å². The Kier molecular flexibility index (Phi) is 7.58. The Hall–Kier alpha value is -7.48. The smallest absolute Gasteiger partial charge is 0.0713 e. The van der Waals surface area contributed by atoms with Crippen LogP contribution in [0.2, 0.25) is 0 Å². The summed E-state index contributed by atoms with van der Waals surface area (Å²) in [6.07, 6.45) is 0. The Morgan fingerprint density at radius 2 is 0.864 bits per heavy atom. The van der Waals surface area contributed by atoms with E-state index in [0.717, 1.165) is 5.69 Å². The number of hydrogen-bond acceptors (Lipinski definition) is 1. The third kappa shape index (κ3) is 5.05. The van der Waals surface area contributed by atoms with Crippen molar-refractivity contribution < 1.29 is 0 Å². The van der Waals surface area contributed by atoms with Crippen molar-refractivity contribution in [3.63, 3.8) is 0 Å². The highest BCUT2D eigenvalue weighted by Crippen LogP contribution is 2.57. The van der Waals surface area contributed by atoms with Crippen molar-refractivity contribution in [2.75, 3.05) is 4.90 Å². The summed E-state index contributed by atoms with van der Waals surface area (Å²) in [6, 6.07) is 85.8. The Balaban J connectivity index is 1.04. The molecule has 0 N–H and O–H groups in total. The van der Waals surface area contributed by atoms with Gasteiger partial charge in [-0.2, -0.15) is 0 Å². The number of nitrogens with zero attached hydrogens (tertiary/aromatic N) is 1. The second-order valence-electron chi connectivity index (χ2n) is 16.0. The quantitative estimate of drug-likeness (QED) is 0.153. The Labute approximate surface area is 345 Å². The van der Waals surface area contributed by atoms with E-state index in [0.29, 0.717) is 0 Å². The third-order valence-corrected chi connectivity index (χ3v) is 13.0. The molecular weight excluding hydrogens is 711 g/mol. The van der Waals surface area contributed by atoms with Gasteiger partial charge in [0.25, 0.3) is 0 Å². The lowest BCUT2D eigenvalue weighted by Crippen LogP contribution is -2.28. The molecule has 1 atom stereocenters. The van der Waals surface area contributed by atoms with Gasteiger partial charge in [-0.05, 0) is 102 Å². The summed E-state index contributed by atoms with van der Waals surface area (Å²) in [7, 11) is 0. The van der Waals surface area contributed by atoms with Crippen molar-refractivity contribution in [3.8, 4) is 22.3 Å². The summed E-state index contributed by atoms with van der Waals surface area (Å²) in [5.41, 5.74) is 17.3. The molecule has 0 saturated carbocycles. The zero-order valence-electron chi connectivity index (χ0n) is 32.5. The minimum atomic E-state index is -0.460. The molecule has 10 aromatic rings. The lowest BCUT2D eigenvalue weighted by Gasteiger charge is -2.34. The molecule has 1 nitrogen and oxygen atoms in total. The lowest BCUT2D eigenvalue weighted by molar-refractivity contribution is 0.765. The molecule has 2 aliphatic rings. The maximum Gasteiger partial charge on any atom is 0.0713 e. The third-order valence-electron chi connectivity index (χ3n) is 13.0. The summed E-state index contributed by atoms with van der Waals surface area (Å²) in [4.78, 5) is 2.47. The number of hydrogen-bond donors (Lipinski definition) is 0. The Morgan fingerprint density at radius 3 is 1.59 bits per heavy atom. The molecule has 1 heterocycles. The molecule has 0 radical (unpaired) electrons. The summed E-state index contributed by atoms with van der Waals surface area (Å²) in [5, 5.41) is 5.04. The Morgan fingerprint density at radius 1 is 0.322 bits per heavy atom. The zero-order chi connectivity index (χ0) is 38.9. The molecule has 0 spiro atoms. The first-order valence-corrected chi connectivity index (χ1v) is 20.6. The van der Waals surface area contributed by atoms with Gasteiger partial charge in [-0.1, -0.05) is 200 Å². The van der Waals surface area contributed by atoms with E-state index < -0.39 is 5.41 Å². The highest BCUT2D eigenvalue weighted by atomic mass is 15.2. The van der Waals surface area contributed by atoms with Crippen LogP contribution < -0.4 is 4.90 Å². The number of anilines is 3. The molecule has 10 aromatic carbocycles. The highest BCUT2D eigenvalue weighted by Gasteiger charge is 2.46. The largest absolute Gasteiger partial charge is 0.309 e. The van der Waals surface area contributed by atoms with Crippen molar-refractivity contribution in [2.45, 2.75) is 11.3 Å². The van der Waals surface area contributed by atoms with E-state index in [1.165, 1.54) is 94.1 Å². The molecule has 59 heavy (non-hydrogen) atoms. The van der Waals surface area contributed by atoms with Crippen LogP contribution >= 0.6 is 0 Å². The minimum Gasteiger partial charge on any atom is -0.309 e. The number of rotatable bonds is 6. The van der Waals surface area contributed by atoms with Crippen LogP contribution in [0.25, 0.3) is 43.8 Å². The first-order valence-electron chi connectivity index (χ1n) is 20.6. The summed E-state index contributed by atoms with van der Waals surface area (Å²) >= 11 is 0. The molecule has 1 heteroatoms. The summed E-state index contributed by atoms with van der Waals surface area (Å²) in [6.45, 7) is 0. The summed E-state index contributed by atoms with van der Waals surface area (Å²) < 4.78 is 0. The molecule has 1 aliphatic carbocycles. The van der Waals surface area contributed by atoms with Gasteiger partial charge in [0.2, 0.25) is 0 Å². The fourth-order valence-corrected chi connectivity index (χ4v) is 10.4. The Bertz CT molecular complexity index is 3160. The summed E-state index contributed by atoms with van der Waals surface area (Å²) in [5.74, 6) is 0.0188. The molecule has 12 rings (SSSR count). The van der Waals surface area contributed by atoms with Gasteiger partial charge in [0.15, 0.2) is 0 Å². The monoisotopic (exact) mass is 749 g/mol. The van der Waals surface area contributed by atoms with Crippen LogP contribution in [0.15, 0.2) is 231 Å². The van der Waals surface area contributed by atoms with E-state index in [9.17, 15) is 0 Å². The predicted molar refractivity (Wildman–Crippen MR) is 246 cm³/mol. The molecule has 1 aliphatic heterocycles. The van der Waals surface area contributed by atoms with Crippen molar-refractivity contribution in [2.24, 2.45) is 0 Å². The topological polar surface area (TPSA) is 3.24 Å². The maximum atomic E-state index is 2.52. The van der Waals surface area contributed by atoms with Crippen molar-refractivity contribution in [3.05, 3.63) is 269 Å². The predicted octanol–water partition coefficient (Wildman–Crippen LogP) is 15.0. The van der Waals surface area contributed by atoms with E-state index in [4.69, 9.17) is 0 Å². The maximum absolute atomic E-state index is 2.52. The molecule has 0 saturated heterocycles. The van der Waals surface area contributed by atoms with E-state index in [1.807, 2.05) is 0 Å². The average Bonchev–Trinajstić information content (AvgIpc) is 3.60. The van der Waals surface area contributed by atoms with Gasteiger partial charge >= 0.3 is 0 Å². The minimum absolute atomic E-state index is 0.0188. The fraction of sp³-hybridized carbons (Fsp3) is 0.0345. The van der Waals surface area contributed by atoms with Crippen molar-refractivity contribution in [1.82, 2.24) is 0 Å². The molecule has 1 unspecified atom stereocenters. The van der Waals surface area contributed by atoms with E-state index in [2.05, 4.69) is 235 Å². The molecule has 276 valence electrons. The molecule has 0 fully saturated rings. The van der Waals surface area contributed by atoms with Gasteiger partial charge in [0.1, 0.15) is 0 Å². The lowest BCUT2D eigenvalue weighted by atomic mass is 9.67. The van der Waals surface area contributed by atoms with Crippen LogP contribution in [-0.2, 0) is 5.41 Å². The second kappa shape index (κ2) is 13.3. The average molecular weight is 750 g/mol. The first kappa shape index (κ1) is 33.6. The van der Waals surface area contributed by atoms with Crippen LogP contribution in [0.5, 0.6) is 0 Å². The van der Waals surface area contributed by atoms with Gasteiger partial charge in [0.05, 0.1) is 16.8 Å². The molecule has 0 amide bonds. The van der Waals surface area contributed by atoms with Crippen LogP contribution in [-0.4, -0.2) is 0 Å².